The Kier molecular flexibility index (Phi) is 5.45. The van der Waals surface area contributed by atoms with Crippen LogP contribution in [0.2, 0.25) is 0 Å². The molecule has 0 aliphatic heterocycles. The van der Waals surface area contributed by atoms with E-state index in [1.54, 1.807) is 11.3 Å². The molecule has 19 heavy (non-hydrogen) atoms. The smallest absolute Gasteiger partial charge is 0.0738 e. The van der Waals surface area contributed by atoms with Crippen LogP contribution in [0, 0.1) is 9.81 Å². The fourth-order valence-corrected chi connectivity index (χ4v) is 4.08. The molecule has 3 nitrogen and oxygen atoms in total. The standard InChI is InChI=1S/C13H17BrIN3S/c1-4-16-10(9-5-12(15)19-7-9)6-11-13(14)8(2)17-18(11)3/h5,7,10,16H,4,6H2,1-3H3. The zero-order valence-corrected chi connectivity index (χ0v) is 15.8. The molecule has 0 saturated carbocycles. The summed E-state index contributed by atoms with van der Waals surface area (Å²) in [4.78, 5) is 0. The third kappa shape index (κ3) is 3.59. The molecule has 2 rings (SSSR count). The SMILES string of the molecule is CCNC(Cc1c(Br)c(C)nn1C)c1csc(I)c1. The predicted octanol–water partition coefficient (Wildman–Crippen LogP) is 4.05. The highest BCUT2D eigenvalue weighted by Gasteiger charge is 2.18. The van der Waals surface area contributed by atoms with Gasteiger partial charge in [0.15, 0.2) is 0 Å². The molecule has 2 heterocycles. The number of aryl methyl sites for hydroxylation is 2. The van der Waals surface area contributed by atoms with Crippen molar-refractivity contribution in [3.8, 4) is 0 Å². The fourth-order valence-electron chi connectivity index (χ4n) is 2.16. The van der Waals surface area contributed by atoms with Gasteiger partial charge in [0.25, 0.3) is 0 Å². The van der Waals surface area contributed by atoms with Gasteiger partial charge in [-0.05, 0) is 69.0 Å². The Labute approximate surface area is 140 Å². The Morgan fingerprint density at radius 3 is 2.79 bits per heavy atom. The first kappa shape index (κ1) is 15.5. The number of likely N-dealkylation sites (N-methyl/N-ethyl adjacent to an activating group) is 1. The molecule has 0 radical (unpaired) electrons. The number of nitrogens with one attached hydrogen (secondary N) is 1. The second-order valence-corrected chi connectivity index (χ2v) is 8.07. The van der Waals surface area contributed by atoms with E-state index in [1.165, 1.54) is 14.1 Å². The van der Waals surface area contributed by atoms with Crippen molar-refractivity contribution in [1.29, 1.82) is 0 Å². The molecule has 0 bridgehead atoms. The maximum absolute atomic E-state index is 4.47. The van der Waals surface area contributed by atoms with Crippen molar-refractivity contribution in [3.63, 3.8) is 0 Å². The van der Waals surface area contributed by atoms with Crippen LogP contribution < -0.4 is 5.32 Å². The van der Waals surface area contributed by atoms with Crippen molar-refractivity contribution in [2.24, 2.45) is 7.05 Å². The van der Waals surface area contributed by atoms with Gasteiger partial charge in [-0.1, -0.05) is 6.92 Å². The van der Waals surface area contributed by atoms with Crippen LogP contribution in [0.4, 0.5) is 0 Å². The average molecular weight is 454 g/mol. The lowest BCUT2D eigenvalue weighted by molar-refractivity contribution is 0.529. The van der Waals surface area contributed by atoms with Gasteiger partial charge in [0.05, 0.1) is 18.7 Å². The lowest BCUT2D eigenvalue weighted by Gasteiger charge is -2.17. The van der Waals surface area contributed by atoms with Gasteiger partial charge in [-0.15, -0.1) is 11.3 Å². The van der Waals surface area contributed by atoms with E-state index in [2.05, 4.69) is 67.3 Å². The molecule has 1 unspecified atom stereocenters. The van der Waals surface area contributed by atoms with E-state index in [9.17, 15) is 0 Å². The van der Waals surface area contributed by atoms with Crippen molar-refractivity contribution >= 4 is 49.9 Å². The van der Waals surface area contributed by atoms with Crippen LogP contribution >= 0.6 is 49.9 Å². The highest BCUT2D eigenvalue weighted by Crippen LogP contribution is 2.28. The van der Waals surface area contributed by atoms with Crippen LogP contribution in [0.15, 0.2) is 15.9 Å². The van der Waals surface area contributed by atoms with E-state index in [-0.39, 0.29) is 0 Å². The Bertz CT molecular complexity index is 564. The Balaban J connectivity index is 2.26. The molecule has 0 aliphatic rings. The lowest BCUT2D eigenvalue weighted by atomic mass is 10.0. The van der Waals surface area contributed by atoms with E-state index < -0.39 is 0 Å². The largest absolute Gasteiger partial charge is 0.310 e. The number of hydrogen-bond donors (Lipinski definition) is 1. The number of thiophene rings is 1. The number of rotatable bonds is 5. The molecule has 0 amide bonds. The predicted molar refractivity (Wildman–Crippen MR) is 92.8 cm³/mol. The maximum atomic E-state index is 4.47. The first-order valence-corrected chi connectivity index (χ1v) is 8.93. The average Bonchev–Trinajstić information content (AvgIpc) is 2.88. The van der Waals surface area contributed by atoms with Gasteiger partial charge in [0.2, 0.25) is 0 Å². The maximum Gasteiger partial charge on any atom is 0.0738 e. The van der Waals surface area contributed by atoms with Crippen LogP contribution in [0.25, 0.3) is 0 Å². The van der Waals surface area contributed by atoms with Gasteiger partial charge in [0, 0.05) is 19.5 Å². The molecular formula is C13H17BrIN3S. The summed E-state index contributed by atoms with van der Waals surface area (Å²) >= 11 is 7.82. The summed E-state index contributed by atoms with van der Waals surface area (Å²) in [5, 5.41) is 10.3. The van der Waals surface area contributed by atoms with Crippen LogP contribution in [-0.2, 0) is 13.5 Å². The molecule has 104 valence electrons. The van der Waals surface area contributed by atoms with E-state index in [4.69, 9.17) is 0 Å². The highest BCUT2D eigenvalue weighted by atomic mass is 127. The van der Waals surface area contributed by atoms with Gasteiger partial charge in [-0.2, -0.15) is 5.10 Å². The van der Waals surface area contributed by atoms with E-state index in [0.717, 1.165) is 23.1 Å². The van der Waals surface area contributed by atoms with E-state index >= 15 is 0 Å². The summed E-state index contributed by atoms with van der Waals surface area (Å²) < 4.78 is 4.43. The summed E-state index contributed by atoms with van der Waals surface area (Å²) in [5.41, 5.74) is 3.65. The topological polar surface area (TPSA) is 29.9 Å². The molecule has 2 aromatic rings. The van der Waals surface area contributed by atoms with Crippen molar-refractivity contribution in [1.82, 2.24) is 15.1 Å². The molecule has 6 heteroatoms. The van der Waals surface area contributed by atoms with Crippen molar-refractivity contribution < 1.29 is 0 Å². The fraction of sp³-hybridized carbons (Fsp3) is 0.462. The van der Waals surface area contributed by atoms with Crippen molar-refractivity contribution in [2.75, 3.05) is 6.54 Å². The minimum Gasteiger partial charge on any atom is -0.310 e. The second kappa shape index (κ2) is 6.69. The normalized spacial score (nSPS) is 12.9. The number of halogens is 2. The number of hydrogen-bond acceptors (Lipinski definition) is 3. The van der Waals surface area contributed by atoms with Gasteiger partial charge in [0.1, 0.15) is 0 Å². The van der Waals surface area contributed by atoms with Crippen molar-refractivity contribution in [3.05, 3.63) is 35.8 Å². The summed E-state index contributed by atoms with van der Waals surface area (Å²) in [7, 11) is 2.01. The highest BCUT2D eigenvalue weighted by molar-refractivity contribution is 14.1. The molecule has 0 aliphatic carbocycles. The minimum atomic E-state index is 0.343. The Morgan fingerprint density at radius 2 is 2.32 bits per heavy atom. The zero-order chi connectivity index (χ0) is 14.0. The van der Waals surface area contributed by atoms with Crippen LogP contribution in [-0.4, -0.2) is 16.3 Å². The summed E-state index contributed by atoms with van der Waals surface area (Å²) in [6.45, 7) is 5.14. The monoisotopic (exact) mass is 453 g/mol. The molecule has 1 N–H and O–H groups in total. The quantitative estimate of drug-likeness (QED) is 0.692. The van der Waals surface area contributed by atoms with Gasteiger partial charge in [-0.3, -0.25) is 4.68 Å². The minimum absolute atomic E-state index is 0.343. The molecule has 1 atom stereocenters. The summed E-state index contributed by atoms with van der Waals surface area (Å²) in [6.07, 6.45) is 0.943. The Hall–Kier alpha value is 0.0800. The van der Waals surface area contributed by atoms with E-state index in [1.807, 2.05) is 18.7 Å². The molecule has 0 aromatic carbocycles. The summed E-state index contributed by atoms with van der Waals surface area (Å²) in [6, 6.07) is 2.60. The molecular weight excluding hydrogens is 437 g/mol. The van der Waals surface area contributed by atoms with Gasteiger partial charge in [-0.25, -0.2) is 0 Å². The van der Waals surface area contributed by atoms with Crippen LogP contribution in [0.3, 0.4) is 0 Å². The van der Waals surface area contributed by atoms with Gasteiger partial charge < -0.3 is 5.32 Å². The molecule has 0 spiro atoms. The van der Waals surface area contributed by atoms with Gasteiger partial charge >= 0.3 is 0 Å². The number of nitrogens with zero attached hydrogens (tertiary/aromatic N) is 2. The van der Waals surface area contributed by atoms with E-state index in [0.29, 0.717) is 6.04 Å². The summed E-state index contributed by atoms with van der Waals surface area (Å²) in [5.74, 6) is 0. The third-order valence-electron chi connectivity index (χ3n) is 3.10. The Morgan fingerprint density at radius 1 is 1.58 bits per heavy atom. The molecule has 0 saturated heterocycles. The second-order valence-electron chi connectivity index (χ2n) is 4.47. The third-order valence-corrected chi connectivity index (χ3v) is 5.94. The lowest BCUT2D eigenvalue weighted by Crippen LogP contribution is -2.23. The van der Waals surface area contributed by atoms with Crippen molar-refractivity contribution in [2.45, 2.75) is 26.3 Å². The number of aromatic nitrogens is 2. The van der Waals surface area contributed by atoms with Crippen LogP contribution in [0.5, 0.6) is 0 Å². The molecule has 2 aromatic heterocycles. The molecule has 0 fully saturated rings. The first-order chi connectivity index (χ1) is 9.02. The first-order valence-electron chi connectivity index (χ1n) is 6.18. The van der Waals surface area contributed by atoms with Crippen LogP contribution in [0.1, 0.15) is 29.9 Å². The zero-order valence-electron chi connectivity index (χ0n) is 11.2.